The second-order valence-corrected chi connectivity index (χ2v) is 7.35. The molecule has 0 aliphatic carbocycles. The van der Waals surface area contributed by atoms with Gasteiger partial charge in [-0.25, -0.2) is 0 Å². The first kappa shape index (κ1) is 18.6. The molecule has 5 nitrogen and oxygen atoms in total. The van der Waals surface area contributed by atoms with E-state index in [0.29, 0.717) is 5.92 Å². The highest BCUT2D eigenvalue weighted by Crippen LogP contribution is 2.24. The Morgan fingerprint density at radius 2 is 2.08 bits per heavy atom. The second-order valence-electron chi connectivity index (χ2n) is 7.35. The predicted octanol–water partition coefficient (Wildman–Crippen LogP) is 2.78. The van der Waals surface area contributed by atoms with Crippen LogP contribution >= 0.6 is 0 Å². The minimum atomic E-state index is -0.416. The fourth-order valence-corrected chi connectivity index (χ4v) is 3.40. The summed E-state index contributed by atoms with van der Waals surface area (Å²) >= 11 is 0. The third-order valence-corrected chi connectivity index (χ3v) is 5.00. The van der Waals surface area contributed by atoms with Crippen LogP contribution in [0.1, 0.15) is 44.6 Å². The summed E-state index contributed by atoms with van der Waals surface area (Å²) in [6, 6.07) is 8.20. The highest BCUT2D eigenvalue weighted by atomic mass is 16.7. The number of hydrogen-bond acceptors (Lipinski definition) is 5. The van der Waals surface area contributed by atoms with E-state index in [1.165, 1.54) is 5.56 Å². The van der Waals surface area contributed by atoms with Crippen LogP contribution in [0.5, 0.6) is 5.75 Å². The van der Waals surface area contributed by atoms with E-state index < -0.39 is 6.10 Å². The van der Waals surface area contributed by atoms with E-state index in [1.54, 1.807) is 0 Å². The average molecular weight is 349 g/mol. The molecule has 0 saturated carbocycles. The number of hydrogen-bond donors (Lipinski definition) is 1. The van der Waals surface area contributed by atoms with Crippen LogP contribution in [0.4, 0.5) is 0 Å². The number of likely N-dealkylation sites (tertiary alicyclic amines) is 1. The first-order chi connectivity index (χ1) is 12.1. The topological polar surface area (TPSA) is 51.2 Å². The molecule has 1 aromatic carbocycles. The zero-order valence-electron chi connectivity index (χ0n) is 15.4. The van der Waals surface area contributed by atoms with Gasteiger partial charge in [0, 0.05) is 26.1 Å². The van der Waals surface area contributed by atoms with Crippen molar-refractivity contribution < 1.29 is 19.3 Å². The van der Waals surface area contributed by atoms with Crippen molar-refractivity contribution in [3.05, 3.63) is 29.8 Å². The molecule has 0 unspecified atom stereocenters. The van der Waals surface area contributed by atoms with Crippen molar-refractivity contribution in [2.75, 3.05) is 32.8 Å². The van der Waals surface area contributed by atoms with Gasteiger partial charge in [-0.3, -0.25) is 4.90 Å². The maximum absolute atomic E-state index is 10.3. The standard InChI is InChI=1S/C20H31NO4/c1-15(2)16-5-3-6-17(13-16)25-19-14-21(9-7-18(19)22)10-8-20-23-11-4-12-24-20/h3,5-6,13,15,18-20,22H,4,7-12,14H2,1-2H3/t18-,19-/m1/s1. The number of rotatable bonds is 6. The molecule has 0 spiro atoms. The Balaban J connectivity index is 1.52. The lowest BCUT2D eigenvalue weighted by atomic mass is 10.0. The summed E-state index contributed by atoms with van der Waals surface area (Å²) in [5, 5.41) is 10.3. The van der Waals surface area contributed by atoms with E-state index >= 15 is 0 Å². The number of ether oxygens (including phenoxy) is 3. The van der Waals surface area contributed by atoms with Crippen LogP contribution in [0.25, 0.3) is 0 Å². The molecule has 0 aromatic heterocycles. The van der Waals surface area contributed by atoms with Gasteiger partial charge in [-0.2, -0.15) is 0 Å². The Labute approximate surface area is 150 Å². The zero-order chi connectivity index (χ0) is 17.6. The van der Waals surface area contributed by atoms with Crippen LogP contribution in [0.3, 0.4) is 0 Å². The molecule has 2 fully saturated rings. The van der Waals surface area contributed by atoms with E-state index in [9.17, 15) is 5.11 Å². The Hall–Kier alpha value is -1.14. The lowest BCUT2D eigenvalue weighted by Gasteiger charge is -2.37. The van der Waals surface area contributed by atoms with Gasteiger partial charge in [0.1, 0.15) is 11.9 Å². The van der Waals surface area contributed by atoms with E-state index in [2.05, 4.69) is 30.9 Å². The maximum Gasteiger partial charge on any atom is 0.158 e. The van der Waals surface area contributed by atoms with Gasteiger partial charge in [-0.15, -0.1) is 0 Å². The molecule has 140 valence electrons. The molecular weight excluding hydrogens is 318 g/mol. The van der Waals surface area contributed by atoms with Gasteiger partial charge in [0.15, 0.2) is 6.29 Å². The van der Waals surface area contributed by atoms with Crippen LogP contribution < -0.4 is 4.74 Å². The summed E-state index contributed by atoms with van der Waals surface area (Å²) in [6.07, 6.45) is 1.90. The van der Waals surface area contributed by atoms with Gasteiger partial charge in [-0.05, 0) is 36.5 Å². The minimum absolute atomic E-state index is 0.0808. The highest BCUT2D eigenvalue weighted by Gasteiger charge is 2.30. The summed E-state index contributed by atoms with van der Waals surface area (Å²) in [4.78, 5) is 2.34. The van der Waals surface area contributed by atoms with Crippen molar-refractivity contribution in [2.45, 2.75) is 57.5 Å². The molecule has 2 heterocycles. The molecule has 2 aliphatic heterocycles. The van der Waals surface area contributed by atoms with E-state index in [4.69, 9.17) is 14.2 Å². The lowest BCUT2D eigenvalue weighted by molar-refractivity contribution is -0.183. The molecule has 0 radical (unpaired) electrons. The van der Waals surface area contributed by atoms with Crippen LogP contribution in [0.15, 0.2) is 24.3 Å². The van der Waals surface area contributed by atoms with Gasteiger partial charge in [0.25, 0.3) is 0 Å². The van der Waals surface area contributed by atoms with E-state index in [1.807, 2.05) is 12.1 Å². The van der Waals surface area contributed by atoms with Crippen LogP contribution in [0, 0.1) is 0 Å². The highest BCUT2D eigenvalue weighted by molar-refractivity contribution is 5.30. The first-order valence-electron chi connectivity index (χ1n) is 9.52. The molecule has 3 rings (SSSR count). The normalized spacial score (nSPS) is 26.1. The molecule has 25 heavy (non-hydrogen) atoms. The summed E-state index contributed by atoms with van der Waals surface area (Å²) in [7, 11) is 0. The summed E-state index contributed by atoms with van der Waals surface area (Å²) < 4.78 is 17.4. The van der Waals surface area contributed by atoms with Crippen molar-refractivity contribution >= 4 is 0 Å². The van der Waals surface area contributed by atoms with Gasteiger partial charge in [0.2, 0.25) is 0 Å². The minimum Gasteiger partial charge on any atom is -0.486 e. The molecule has 0 amide bonds. The number of aliphatic hydroxyl groups excluding tert-OH is 1. The molecule has 5 heteroatoms. The summed E-state index contributed by atoms with van der Waals surface area (Å²) in [6.45, 7) is 8.46. The van der Waals surface area contributed by atoms with Gasteiger partial charge >= 0.3 is 0 Å². The van der Waals surface area contributed by atoms with Crippen LogP contribution in [-0.4, -0.2) is 61.4 Å². The number of piperidine rings is 1. The third-order valence-electron chi connectivity index (χ3n) is 5.00. The maximum atomic E-state index is 10.3. The summed E-state index contributed by atoms with van der Waals surface area (Å²) in [5.74, 6) is 1.31. The molecule has 2 aliphatic rings. The van der Waals surface area contributed by atoms with E-state index in [-0.39, 0.29) is 12.4 Å². The van der Waals surface area contributed by atoms with Gasteiger partial charge < -0.3 is 19.3 Å². The zero-order valence-corrected chi connectivity index (χ0v) is 15.4. The SMILES string of the molecule is CC(C)c1cccc(O[C@@H]2CN(CCC3OCCCO3)CC[C@H]2O)c1. The lowest BCUT2D eigenvalue weighted by Crippen LogP contribution is -2.50. The third kappa shape index (κ3) is 5.42. The number of benzene rings is 1. The van der Waals surface area contributed by atoms with Crippen LogP contribution in [-0.2, 0) is 9.47 Å². The Kier molecular flexibility index (Phi) is 6.70. The molecule has 2 saturated heterocycles. The largest absolute Gasteiger partial charge is 0.486 e. The van der Waals surface area contributed by atoms with Crippen molar-refractivity contribution in [1.82, 2.24) is 4.90 Å². The smallest absolute Gasteiger partial charge is 0.158 e. The molecule has 1 aromatic rings. The Morgan fingerprint density at radius 3 is 2.84 bits per heavy atom. The summed E-state index contributed by atoms with van der Waals surface area (Å²) in [5.41, 5.74) is 1.26. The van der Waals surface area contributed by atoms with Crippen LogP contribution in [0.2, 0.25) is 0 Å². The second kappa shape index (κ2) is 8.99. The van der Waals surface area contributed by atoms with E-state index in [0.717, 1.165) is 57.9 Å². The number of nitrogens with zero attached hydrogens (tertiary/aromatic N) is 1. The van der Waals surface area contributed by atoms with Gasteiger partial charge in [-0.1, -0.05) is 26.0 Å². The fraction of sp³-hybridized carbons (Fsp3) is 0.700. The quantitative estimate of drug-likeness (QED) is 0.856. The Bertz CT molecular complexity index is 530. The van der Waals surface area contributed by atoms with Crippen molar-refractivity contribution in [3.8, 4) is 5.75 Å². The van der Waals surface area contributed by atoms with Crippen molar-refractivity contribution in [2.24, 2.45) is 0 Å². The monoisotopic (exact) mass is 349 g/mol. The molecule has 2 atom stereocenters. The van der Waals surface area contributed by atoms with Crippen molar-refractivity contribution in [1.29, 1.82) is 0 Å². The number of aliphatic hydroxyl groups is 1. The van der Waals surface area contributed by atoms with Gasteiger partial charge in [0.05, 0.1) is 19.3 Å². The van der Waals surface area contributed by atoms with Crippen molar-refractivity contribution in [3.63, 3.8) is 0 Å². The molecule has 0 bridgehead atoms. The molecular formula is C20H31NO4. The first-order valence-corrected chi connectivity index (χ1v) is 9.52. The Morgan fingerprint density at radius 1 is 1.28 bits per heavy atom. The average Bonchev–Trinajstić information content (AvgIpc) is 2.63. The predicted molar refractivity (Wildman–Crippen MR) is 96.9 cm³/mol. The fourth-order valence-electron chi connectivity index (χ4n) is 3.40. The molecule has 1 N–H and O–H groups in total.